The lowest BCUT2D eigenvalue weighted by atomic mass is 10.1. The van der Waals surface area contributed by atoms with Crippen LogP contribution in [0.3, 0.4) is 0 Å². The molecule has 0 aromatic heterocycles. The molecule has 0 aliphatic carbocycles. The first-order chi connectivity index (χ1) is 14.0. The summed E-state index contributed by atoms with van der Waals surface area (Å²) in [6.45, 7) is 4.27. The number of sulfonamides is 1. The van der Waals surface area contributed by atoms with Crippen LogP contribution in [-0.4, -0.2) is 43.2 Å². The second-order valence-electron chi connectivity index (χ2n) is 7.56. The van der Waals surface area contributed by atoms with Crippen molar-refractivity contribution in [3.05, 3.63) is 65.7 Å². The molecule has 1 aliphatic heterocycles. The van der Waals surface area contributed by atoms with Crippen LogP contribution in [0.15, 0.2) is 59.5 Å². The molecule has 1 fully saturated rings. The zero-order chi connectivity index (χ0) is 20.7. The van der Waals surface area contributed by atoms with E-state index in [-0.39, 0.29) is 10.8 Å². The van der Waals surface area contributed by atoms with Crippen LogP contribution >= 0.6 is 0 Å². The fourth-order valence-corrected chi connectivity index (χ4v) is 5.29. The lowest BCUT2D eigenvalue weighted by Crippen LogP contribution is -2.33. The third kappa shape index (κ3) is 5.46. The SMILES string of the molecule is CCCN(Cc1ccccc1)C(=O)c1cccc(S(=O)(=O)N2CCCCCC2)c1. The van der Waals surface area contributed by atoms with Crippen molar-refractivity contribution >= 4 is 15.9 Å². The Labute approximate surface area is 174 Å². The van der Waals surface area contributed by atoms with Crippen LogP contribution in [-0.2, 0) is 16.6 Å². The highest BCUT2D eigenvalue weighted by Gasteiger charge is 2.26. The number of benzene rings is 2. The van der Waals surface area contributed by atoms with Crippen molar-refractivity contribution in [2.45, 2.75) is 50.5 Å². The molecule has 3 rings (SSSR count). The summed E-state index contributed by atoms with van der Waals surface area (Å²) in [7, 11) is -3.58. The maximum atomic E-state index is 13.2. The molecule has 6 heteroatoms. The average Bonchev–Trinajstić information content (AvgIpc) is 3.04. The van der Waals surface area contributed by atoms with Crippen molar-refractivity contribution in [1.29, 1.82) is 0 Å². The summed E-state index contributed by atoms with van der Waals surface area (Å²) in [6, 6.07) is 16.4. The van der Waals surface area contributed by atoms with Gasteiger partial charge in [-0.1, -0.05) is 56.2 Å². The molecule has 0 radical (unpaired) electrons. The lowest BCUT2D eigenvalue weighted by molar-refractivity contribution is 0.0743. The highest BCUT2D eigenvalue weighted by molar-refractivity contribution is 7.89. The number of nitrogens with zero attached hydrogens (tertiary/aromatic N) is 2. The summed E-state index contributed by atoms with van der Waals surface area (Å²) in [5.41, 5.74) is 1.48. The van der Waals surface area contributed by atoms with Gasteiger partial charge in [-0.25, -0.2) is 8.42 Å². The Hall–Kier alpha value is -2.18. The summed E-state index contributed by atoms with van der Waals surface area (Å²) in [5.74, 6) is -0.136. The van der Waals surface area contributed by atoms with Gasteiger partial charge in [-0.15, -0.1) is 0 Å². The zero-order valence-electron chi connectivity index (χ0n) is 17.1. The maximum absolute atomic E-state index is 13.2. The van der Waals surface area contributed by atoms with Gasteiger partial charge < -0.3 is 4.90 Å². The molecule has 1 heterocycles. The van der Waals surface area contributed by atoms with E-state index < -0.39 is 10.0 Å². The number of rotatable bonds is 7. The van der Waals surface area contributed by atoms with Crippen LogP contribution in [0.1, 0.15) is 54.9 Å². The highest BCUT2D eigenvalue weighted by atomic mass is 32.2. The quantitative estimate of drug-likeness (QED) is 0.679. The fraction of sp³-hybridized carbons (Fsp3) is 0.435. The van der Waals surface area contributed by atoms with Gasteiger partial charge in [-0.2, -0.15) is 4.31 Å². The van der Waals surface area contributed by atoms with Crippen LogP contribution in [0.5, 0.6) is 0 Å². The standard InChI is InChI=1S/C23H30N2O3S/c1-2-15-24(19-20-11-6-5-7-12-20)23(26)21-13-10-14-22(18-21)29(27,28)25-16-8-3-4-9-17-25/h5-7,10-14,18H,2-4,8-9,15-17,19H2,1H3. The average molecular weight is 415 g/mol. The van der Waals surface area contributed by atoms with Gasteiger partial charge >= 0.3 is 0 Å². The van der Waals surface area contributed by atoms with Gasteiger partial charge in [0.05, 0.1) is 4.90 Å². The van der Waals surface area contributed by atoms with E-state index in [9.17, 15) is 13.2 Å². The van der Waals surface area contributed by atoms with E-state index in [4.69, 9.17) is 0 Å². The Kier molecular flexibility index (Phi) is 7.45. The number of amides is 1. The Balaban J connectivity index is 1.83. The summed E-state index contributed by atoms with van der Waals surface area (Å²) in [4.78, 5) is 15.2. The molecule has 0 bridgehead atoms. The van der Waals surface area contributed by atoms with Gasteiger partial charge in [-0.3, -0.25) is 4.79 Å². The first-order valence-electron chi connectivity index (χ1n) is 10.5. The van der Waals surface area contributed by atoms with Gasteiger partial charge in [0.25, 0.3) is 5.91 Å². The molecule has 5 nitrogen and oxygen atoms in total. The molecule has 2 aromatic rings. The van der Waals surface area contributed by atoms with E-state index in [2.05, 4.69) is 0 Å². The minimum atomic E-state index is -3.58. The summed E-state index contributed by atoms with van der Waals surface area (Å²) >= 11 is 0. The molecule has 156 valence electrons. The van der Waals surface area contributed by atoms with Crippen LogP contribution in [0.25, 0.3) is 0 Å². The van der Waals surface area contributed by atoms with Crippen LogP contribution in [0.4, 0.5) is 0 Å². The Morgan fingerprint density at radius 3 is 2.31 bits per heavy atom. The fourth-order valence-electron chi connectivity index (χ4n) is 3.73. The Morgan fingerprint density at radius 2 is 1.66 bits per heavy atom. The van der Waals surface area contributed by atoms with Crippen molar-refractivity contribution in [2.24, 2.45) is 0 Å². The lowest BCUT2D eigenvalue weighted by Gasteiger charge is -2.23. The normalized spacial score (nSPS) is 15.6. The van der Waals surface area contributed by atoms with E-state index >= 15 is 0 Å². The van der Waals surface area contributed by atoms with Crippen molar-refractivity contribution in [1.82, 2.24) is 9.21 Å². The first-order valence-corrected chi connectivity index (χ1v) is 11.9. The van der Waals surface area contributed by atoms with Gasteiger partial charge in [-0.05, 0) is 43.0 Å². The van der Waals surface area contributed by atoms with Gasteiger partial charge in [0.2, 0.25) is 10.0 Å². The number of carbonyl (C=O) groups is 1. The second-order valence-corrected chi connectivity index (χ2v) is 9.50. The minimum Gasteiger partial charge on any atom is -0.334 e. The third-order valence-corrected chi connectivity index (χ3v) is 7.18. The molecular weight excluding hydrogens is 384 g/mol. The van der Waals surface area contributed by atoms with Crippen LogP contribution in [0, 0.1) is 0 Å². The molecule has 0 spiro atoms. The van der Waals surface area contributed by atoms with Crippen LogP contribution in [0.2, 0.25) is 0 Å². The van der Waals surface area contributed by atoms with Crippen molar-refractivity contribution in [3.63, 3.8) is 0 Å². The smallest absolute Gasteiger partial charge is 0.254 e. The van der Waals surface area contributed by atoms with Crippen molar-refractivity contribution < 1.29 is 13.2 Å². The molecule has 0 atom stereocenters. The maximum Gasteiger partial charge on any atom is 0.254 e. The highest BCUT2D eigenvalue weighted by Crippen LogP contribution is 2.22. The van der Waals surface area contributed by atoms with E-state index in [1.54, 1.807) is 27.4 Å². The van der Waals surface area contributed by atoms with Crippen molar-refractivity contribution in [2.75, 3.05) is 19.6 Å². The summed E-state index contributed by atoms with van der Waals surface area (Å²) in [6.07, 6.45) is 4.74. The summed E-state index contributed by atoms with van der Waals surface area (Å²) < 4.78 is 27.8. The predicted molar refractivity (Wildman–Crippen MR) is 115 cm³/mol. The topological polar surface area (TPSA) is 57.7 Å². The first kappa shape index (κ1) is 21.5. The monoisotopic (exact) mass is 414 g/mol. The molecule has 1 aliphatic rings. The van der Waals surface area contributed by atoms with E-state index in [0.29, 0.717) is 31.7 Å². The number of hydrogen-bond acceptors (Lipinski definition) is 3. The third-order valence-electron chi connectivity index (χ3n) is 5.28. The Morgan fingerprint density at radius 1 is 0.966 bits per heavy atom. The molecular formula is C23H30N2O3S. The molecule has 0 unspecified atom stereocenters. The molecule has 2 aromatic carbocycles. The Bertz CT molecular complexity index is 905. The largest absolute Gasteiger partial charge is 0.334 e. The minimum absolute atomic E-state index is 0.136. The number of carbonyl (C=O) groups excluding carboxylic acids is 1. The molecule has 1 amide bonds. The van der Waals surface area contributed by atoms with Gasteiger partial charge in [0, 0.05) is 31.7 Å². The van der Waals surface area contributed by atoms with E-state index in [1.807, 2.05) is 37.3 Å². The van der Waals surface area contributed by atoms with E-state index in [0.717, 1.165) is 37.7 Å². The molecule has 0 N–H and O–H groups in total. The predicted octanol–water partition coefficient (Wildman–Crippen LogP) is 4.30. The summed E-state index contributed by atoms with van der Waals surface area (Å²) in [5, 5.41) is 0. The van der Waals surface area contributed by atoms with Crippen LogP contribution < -0.4 is 0 Å². The van der Waals surface area contributed by atoms with Gasteiger partial charge in [0.15, 0.2) is 0 Å². The second kappa shape index (κ2) is 10.0. The van der Waals surface area contributed by atoms with Crippen molar-refractivity contribution in [3.8, 4) is 0 Å². The molecule has 29 heavy (non-hydrogen) atoms. The zero-order valence-corrected chi connectivity index (χ0v) is 17.9. The van der Waals surface area contributed by atoms with E-state index in [1.165, 1.54) is 6.07 Å². The molecule has 0 saturated carbocycles. The number of hydrogen-bond donors (Lipinski definition) is 0. The van der Waals surface area contributed by atoms with Gasteiger partial charge in [0.1, 0.15) is 0 Å². The molecule has 1 saturated heterocycles.